The zero-order valence-corrected chi connectivity index (χ0v) is 17.9. The SMILES string of the molecule is COC1CCC(CO[Si](c2ccccc2)(c2ccccc2)C(C)(C)C)C1O. The van der Waals surface area contributed by atoms with Gasteiger partial charge >= 0.3 is 0 Å². The lowest BCUT2D eigenvalue weighted by atomic mass is 10.1. The van der Waals surface area contributed by atoms with Crippen molar-refractivity contribution >= 4 is 18.7 Å². The number of aliphatic hydroxyl groups excluding tert-OH is 1. The van der Waals surface area contributed by atoms with Crippen LogP contribution in [0, 0.1) is 5.92 Å². The fourth-order valence-corrected chi connectivity index (χ4v) is 9.08. The summed E-state index contributed by atoms with van der Waals surface area (Å²) in [6, 6.07) is 21.3. The molecule has 3 nitrogen and oxygen atoms in total. The highest BCUT2D eigenvalue weighted by Gasteiger charge is 2.51. The summed E-state index contributed by atoms with van der Waals surface area (Å²) in [6.07, 6.45) is 1.32. The summed E-state index contributed by atoms with van der Waals surface area (Å²) in [6.45, 7) is 7.40. The first-order valence-electron chi connectivity index (χ1n) is 9.86. The molecular formula is C23H32O3Si. The van der Waals surface area contributed by atoms with Gasteiger partial charge in [0.25, 0.3) is 8.32 Å². The van der Waals surface area contributed by atoms with Crippen molar-refractivity contribution in [1.29, 1.82) is 0 Å². The molecule has 1 aliphatic rings. The molecule has 0 amide bonds. The highest BCUT2D eigenvalue weighted by molar-refractivity contribution is 6.99. The van der Waals surface area contributed by atoms with Gasteiger partial charge in [-0.15, -0.1) is 0 Å². The number of aliphatic hydroxyl groups is 1. The molecule has 3 rings (SSSR count). The first-order valence-corrected chi connectivity index (χ1v) is 11.8. The summed E-state index contributed by atoms with van der Waals surface area (Å²) in [5, 5.41) is 13.1. The molecule has 1 N–H and O–H groups in total. The Morgan fingerprint density at radius 2 is 1.44 bits per heavy atom. The molecule has 0 aromatic heterocycles. The van der Waals surface area contributed by atoms with Crippen LogP contribution in [0.15, 0.2) is 60.7 Å². The molecule has 1 fully saturated rings. The topological polar surface area (TPSA) is 38.7 Å². The number of hydrogen-bond acceptors (Lipinski definition) is 3. The first kappa shape index (κ1) is 20.3. The molecule has 0 spiro atoms. The molecule has 3 unspecified atom stereocenters. The third kappa shape index (κ3) is 3.90. The van der Waals surface area contributed by atoms with Crippen LogP contribution in [0.1, 0.15) is 33.6 Å². The van der Waals surface area contributed by atoms with E-state index in [1.54, 1.807) is 7.11 Å². The Labute approximate surface area is 164 Å². The lowest BCUT2D eigenvalue weighted by molar-refractivity contribution is -0.0160. The van der Waals surface area contributed by atoms with Gasteiger partial charge in [-0.2, -0.15) is 0 Å². The molecule has 0 heterocycles. The zero-order valence-electron chi connectivity index (χ0n) is 16.9. The van der Waals surface area contributed by atoms with Crippen molar-refractivity contribution in [2.24, 2.45) is 5.92 Å². The van der Waals surface area contributed by atoms with E-state index >= 15 is 0 Å². The third-order valence-electron chi connectivity index (χ3n) is 5.92. The lowest BCUT2D eigenvalue weighted by Gasteiger charge is -2.43. The summed E-state index contributed by atoms with van der Waals surface area (Å²) >= 11 is 0. The van der Waals surface area contributed by atoms with Crippen molar-refractivity contribution < 1.29 is 14.3 Å². The van der Waals surface area contributed by atoms with Crippen LogP contribution in [0.5, 0.6) is 0 Å². The van der Waals surface area contributed by atoms with Crippen LogP contribution in [-0.4, -0.2) is 39.3 Å². The molecule has 2 aromatic rings. The molecule has 0 aliphatic heterocycles. The van der Waals surface area contributed by atoms with Crippen molar-refractivity contribution in [3.63, 3.8) is 0 Å². The van der Waals surface area contributed by atoms with Gasteiger partial charge in [0.15, 0.2) is 0 Å². The van der Waals surface area contributed by atoms with Crippen LogP contribution in [-0.2, 0) is 9.16 Å². The number of ether oxygens (including phenoxy) is 1. The van der Waals surface area contributed by atoms with E-state index in [4.69, 9.17) is 9.16 Å². The number of benzene rings is 2. The third-order valence-corrected chi connectivity index (χ3v) is 10.9. The van der Waals surface area contributed by atoms with E-state index in [0.29, 0.717) is 6.61 Å². The maximum atomic E-state index is 10.6. The lowest BCUT2D eigenvalue weighted by Crippen LogP contribution is -2.67. The van der Waals surface area contributed by atoms with Crippen molar-refractivity contribution in [1.82, 2.24) is 0 Å². The second kappa shape index (κ2) is 8.27. The Balaban J connectivity index is 2.00. The van der Waals surface area contributed by atoms with E-state index in [2.05, 4.69) is 81.4 Å². The Hall–Kier alpha value is -1.46. The second-order valence-corrected chi connectivity index (χ2v) is 12.9. The monoisotopic (exact) mass is 384 g/mol. The zero-order chi connectivity index (χ0) is 19.5. The molecule has 27 heavy (non-hydrogen) atoms. The minimum absolute atomic E-state index is 0.0417. The van der Waals surface area contributed by atoms with Crippen LogP contribution in [0.25, 0.3) is 0 Å². The highest BCUT2D eigenvalue weighted by atomic mass is 28.4. The second-order valence-electron chi connectivity index (χ2n) is 8.58. The highest BCUT2D eigenvalue weighted by Crippen LogP contribution is 2.38. The Morgan fingerprint density at radius 3 is 1.85 bits per heavy atom. The molecule has 1 aliphatic carbocycles. The van der Waals surface area contributed by atoms with E-state index in [1.165, 1.54) is 10.4 Å². The minimum Gasteiger partial charge on any atom is -0.407 e. The van der Waals surface area contributed by atoms with Crippen molar-refractivity contribution in [2.75, 3.05) is 13.7 Å². The molecule has 0 bridgehead atoms. The molecule has 2 aromatic carbocycles. The van der Waals surface area contributed by atoms with Gasteiger partial charge in [0.05, 0.1) is 12.2 Å². The van der Waals surface area contributed by atoms with Gasteiger partial charge in [0, 0.05) is 19.6 Å². The van der Waals surface area contributed by atoms with E-state index in [-0.39, 0.29) is 17.1 Å². The first-order chi connectivity index (χ1) is 12.9. The van der Waals surface area contributed by atoms with Crippen molar-refractivity contribution in [3.8, 4) is 0 Å². The van der Waals surface area contributed by atoms with Crippen LogP contribution in [0.4, 0.5) is 0 Å². The average molecular weight is 385 g/mol. The summed E-state index contributed by atoms with van der Waals surface area (Å²) in [7, 11) is -0.851. The van der Waals surface area contributed by atoms with Crippen molar-refractivity contribution in [2.45, 2.75) is 50.9 Å². The fourth-order valence-electron chi connectivity index (χ4n) is 4.46. The van der Waals surface area contributed by atoms with E-state index in [9.17, 15) is 5.11 Å². The summed E-state index contributed by atoms with van der Waals surface area (Å²) in [5.41, 5.74) is 0. The molecule has 3 atom stereocenters. The van der Waals surface area contributed by atoms with Crippen LogP contribution < -0.4 is 10.4 Å². The van der Waals surface area contributed by atoms with Gasteiger partial charge in [-0.1, -0.05) is 81.4 Å². The number of methoxy groups -OCH3 is 1. The maximum Gasteiger partial charge on any atom is 0.261 e. The van der Waals surface area contributed by atoms with E-state index in [0.717, 1.165) is 12.8 Å². The van der Waals surface area contributed by atoms with Gasteiger partial charge in [-0.25, -0.2) is 0 Å². The van der Waals surface area contributed by atoms with Gasteiger partial charge in [-0.05, 0) is 28.3 Å². The smallest absolute Gasteiger partial charge is 0.261 e. The molecule has 146 valence electrons. The quantitative estimate of drug-likeness (QED) is 0.776. The average Bonchev–Trinajstić information content (AvgIpc) is 3.03. The standard InChI is InChI=1S/C23H32O3Si/c1-23(2,3)27(19-11-7-5-8-12-19,20-13-9-6-10-14-20)26-17-18-15-16-21(25-4)22(18)24/h5-14,18,21-22,24H,15-17H2,1-4H3. The molecule has 4 heteroatoms. The van der Waals surface area contributed by atoms with Crippen LogP contribution in [0.3, 0.4) is 0 Å². The molecule has 0 radical (unpaired) electrons. The Morgan fingerprint density at radius 1 is 0.926 bits per heavy atom. The summed E-state index contributed by atoms with van der Waals surface area (Å²) < 4.78 is 12.4. The summed E-state index contributed by atoms with van der Waals surface area (Å²) in [4.78, 5) is 0. The number of hydrogen-bond donors (Lipinski definition) is 1. The van der Waals surface area contributed by atoms with Gasteiger partial charge in [-0.3, -0.25) is 0 Å². The van der Waals surface area contributed by atoms with E-state index in [1.807, 2.05) is 0 Å². The van der Waals surface area contributed by atoms with Crippen LogP contribution in [0.2, 0.25) is 5.04 Å². The Bertz CT molecular complexity index is 672. The predicted octanol–water partition coefficient (Wildman–Crippen LogP) is 3.35. The molecule has 1 saturated carbocycles. The van der Waals surface area contributed by atoms with Gasteiger partial charge < -0.3 is 14.3 Å². The van der Waals surface area contributed by atoms with Crippen molar-refractivity contribution in [3.05, 3.63) is 60.7 Å². The predicted molar refractivity (Wildman–Crippen MR) is 113 cm³/mol. The normalized spacial score (nSPS) is 23.5. The van der Waals surface area contributed by atoms with Crippen LogP contribution >= 0.6 is 0 Å². The van der Waals surface area contributed by atoms with E-state index < -0.39 is 14.4 Å². The summed E-state index contributed by atoms with van der Waals surface area (Å²) in [5.74, 6) is 0.122. The largest absolute Gasteiger partial charge is 0.407 e. The maximum absolute atomic E-state index is 10.6. The van der Waals surface area contributed by atoms with Gasteiger partial charge in [0.2, 0.25) is 0 Å². The van der Waals surface area contributed by atoms with Gasteiger partial charge in [0.1, 0.15) is 0 Å². The molecular weight excluding hydrogens is 352 g/mol. The Kier molecular flexibility index (Phi) is 6.21. The number of rotatable bonds is 6. The minimum atomic E-state index is -2.53. The molecule has 0 saturated heterocycles. The fraction of sp³-hybridized carbons (Fsp3) is 0.478.